The number of rotatable bonds is 6. The van der Waals surface area contributed by atoms with E-state index >= 15 is 0 Å². The number of hydrogen-bond donors (Lipinski definition) is 3. The molecule has 110 valence electrons. The minimum Gasteiger partial charge on any atom is -0.492 e. The van der Waals surface area contributed by atoms with Crippen molar-refractivity contribution in [3.05, 3.63) is 60.2 Å². The molecule has 0 unspecified atom stereocenters. The van der Waals surface area contributed by atoms with Crippen molar-refractivity contribution in [3.8, 4) is 5.75 Å². The van der Waals surface area contributed by atoms with Crippen LogP contribution in [0.3, 0.4) is 0 Å². The summed E-state index contributed by atoms with van der Waals surface area (Å²) < 4.78 is 5.37. The number of carbonyl (C=O) groups excluding carboxylic acids is 1. The molecule has 2 aromatic carbocycles. The first-order valence-corrected chi connectivity index (χ1v) is 6.79. The molecule has 5 heteroatoms. The van der Waals surface area contributed by atoms with Gasteiger partial charge in [-0.1, -0.05) is 30.3 Å². The van der Waals surface area contributed by atoms with E-state index in [0.717, 1.165) is 11.3 Å². The third kappa shape index (κ3) is 5.16. The number of nitrogens with one attached hydrogen (secondary N) is 2. The van der Waals surface area contributed by atoms with Crippen molar-refractivity contribution in [3.63, 3.8) is 0 Å². The lowest BCUT2D eigenvalue weighted by Gasteiger charge is -2.09. The van der Waals surface area contributed by atoms with Crippen molar-refractivity contribution in [2.24, 2.45) is 5.73 Å². The van der Waals surface area contributed by atoms with Crippen molar-refractivity contribution < 1.29 is 9.53 Å². The fourth-order valence-corrected chi connectivity index (χ4v) is 1.76. The topological polar surface area (TPSA) is 76.4 Å². The quantitative estimate of drug-likeness (QED) is 0.762. The van der Waals surface area contributed by atoms with Crippen molar-refractivity contribution in [1.82, 2.24) is 5.32 Å². The fraction of sp³-hybridized carbons (Fsp3) is 0.188. The van der Waals surface area contributed by atoms with Crippen LogP contribution in [0.25, 0.3) is 0 Å². The first kappa shape index (κ1) is 14.9. The van der Waals surface area contributed by atoms with Crippen molar-refractivity contribution in [1.29, 1.82) is 0 Å². The highest BCUT2D eigenvalue weighted by molar-refractivity contribution is 5.89. The minimum absolute atomic E-state index is 0.241. The maximum Gasteiger partial charge on any atom is 0.319 e. The molecule has 0 radical (unpaired) electrons. The molecule has 21 heavy (non-hydrogen) atoms. The van der Waals surface area contributed by atoms with Gasteiger partial charge in [0.05, 0.1) is 0 Å². The summed E-state index contributed by atoms with van der Waals surface area (Å²) >= 11 is 0. The second-order valence-electron chi connectivity index (χ2n) is 4.45. The van der Waals surface area contributed by atoms with E-state index < -0.39 is 0 Å². The van der Waals surface area contributed by atoms with E-state index in [2.05, 4.69) is 10.6 Å². The number of hydrogen-bond acceptors (Lipinski definition) is 3. The summed E-state index contributed by atoms with van der Waals surface area (Å²) in [5.41, 5.74) is 7.13. The first-order valence-electron chi connectivity index (χ1n) is 6.79. The lowest BCUT2D eigenvalue weighted by molar-refractivity contribution is 0.251. The SMILES string of the molecule is NCCOc1ccc(NC(=O)NCc2ccccc2)cc1. The Kier molecular flexibility index (Phi) is 5.60. The summed E-state index contributed by atoms with van der Waals surface area (Å²) in [6, 6.07) is 16.7. The van der Waals surface area contributed by atoms with Gasteiger partial charge in [-0.2, -0.15) is 0 Å². The maximum absolute atomic E-state index is 11.8. The van der Waals surface area contributed by atoms with Gasteiger partial charge in [0.1, 0.15) is 12.4 Å². The Morgan fingerprint density at radius 1 is 1.05 bits per heavy atom. The number of amides is 2. The van der Waals surface area contributed by atoms with Gasteiger partial charge in [0.15, 0.2) is 0 Å². The monoisotopic (exact) mass is 285 g/mol. The number of carbonyl (C=O) groups is 1. The predicted octanol–water partition coefficient (Wildman–Crippen LogP) is 2.35. The molecule has 0 bridgehead atoms. The lowest BCUT2D eigenvalue weighted by atomic mass is 10.2. The molecule has 0 fully saturated rings. The molecule has 2 amide bonds. The molecule has 0 heterocycles. The molecular weight excluding hydrogens is 266 g/mol. The van der Waals surface area contributed by atoms with Gasteiger partial charge in [0.25, 0.3) is 0 Å². The van der Waals surface area contributed by atoms with Crippen LogP contribution in [0.2, 0.25) is 0 Å². The number of ether oxygens (including phenoxy) is 1. The lowest BCUT2D eigenvalue weighted by Crippen LogP contribution is -2.28. The van der Waals surface area contributed by atoms with Crippen LogP contribution in [0.5, 0.6) is 5.75 Å². The summed E-state index contributed by atoms with van der Waals surface area (Å²) in [4.78, 5) is 11.8. The number of urea groups is 1. The van der Waals surface area contributed by atoms with Gasteiger partial charge in [0.2, 0.25) is 0 Å². The molecule has 0 aliphatic rings. The zero-order chi connectivity index (χ0) is 14.9. The van der Waals surface area contributed by atoms with E-state index in [0.29, 0.717) is 25.4 Å². The van der Waals surface area contributed by atoms with E-state index in [-0.39, 0.29) is 6.03 Å². The van der Waals surface area contributed by atoms with Crippen LogP contribution >= 0.6 is 0 Å². The normalized spacial score (nSPS) is 9.95. The molecular formula is C16H19N3O2. The highest BCUT2D eigenvalue weighted by atomic mass is 16.5. The molecule has 0 saturated carbocycles. The molecule has 0 atom stereocenters. The van der Waals surface area contributed by atoms with Crippen LogP contribution in [-0.2, 0) is 6.54 Å². The third-order valence-electron chi connectivity index (χ3n) is 2.79. The molecule has 0 aromatic heterocycles. The second kappa shape index (κ2) is 7.91. The van der Waals surface area contributed by atoms with Crippen LogP contribution < -0.4 is 21.1 Å². The number of nitrogens with two attached hydrogens (primary N) is 1. The van der Waals surface area contributed by atoms with E-state index in [1.54, 1.807) is 24.3 Å². The van der Waals surface area contributed by atoms with Crippen LogP contribution in [0, 0.1) is 0 Å². The van der Waals surface area contributed by atoms with Crippen LogP contribution in [-0.4, -0.2) is 19.2 Å². The van der Waals surface area contributed by atoms with Crippen molar-refractivity contribution >= 4 is 11.7 Å². The zero-order valence-corrected chi connectivity index (χ0v) is 11.7. The summed E-state index contributed by atoms with van der Waals surface area (Å²) in [5.74, 6) is 0.732. The van der Waals surface area contributed by atoms with Gasteiger partial charge < -0.3 is 21.1 Å². The van der Waals surface area contributed by atoms with Gasteiger partial charge in [-0.25, -0.2) is 4.79 Å². The van der Waals surface area contributed by atoms with E-state index in [1.807, 2.05) is 30.3 Å². The van der Waals surface area contributed by atoms with Crippen molar-refractivity contribution in [2.75, 3.05) is 18.5 Å². The highest BCUT2D eigenvalue weighted by Gasteiger charge is 2.02. The van der Waals surface area contributed by atoms with E-state index in [4.69, 9.17) is 10.5 Å². The molecule has 0 saturated heterocycles. The molecule has 4 N–H and O–H groups in total. The largest absolute Gasteiger partial charge is 0.492 e. The zero-order valence-electron chi connectivity index (χ0n) is 11.7. The summed E-state index contributed by atoms with van der Waals surface area (Å²) in [6.07, 6.45) is 0. The summed E-state index contributed by atoms with van der Waals surface area (Å²) in [5, 5.41) is 5.56. The molecule has 2 aromatic rings. The summed E-state index contributed by atoms with van der Waals surface area (Å²) in [6.45, 7) is 1.44. The Morgan fingerprint density at radius 2 is 1.76 bits per heavy atom. The molecule has 5 nitrogen and oxygen atoms in total. The number of benzene rings is 2. The summed E-state index contributed by atoms with van der Waals surface area (Å²) in [7, 11) is 0. The Balaban J connectivity index is 1.79. The minimum atomic E-state index is -0.241. The highest BCUT2D eigenvalue weighted by Crippen LogP contribution is 2.15. The predicted molar refractivity (Wildman–Crippen MR) is 83.3 cm³/mol. The maximum atomic E-state index is 11.8. The fourth-order valence-electron chi connectivity index (χ4n) is 1.76. The molecule has 2 rings (SSSR count). The molecule has 0 aliphatic carbocycles. The van der Waals surface area contributed by atoms with Gasteiger partial charge in [0, 0.05) is 18.8 Å². The average molecular weight is 285 g/mol. The Hall–Kier alpha value is -2.53. The van der Waals surface area contributed by atoms with Crippen LogP contribution in [0.1, 0.15) is 5.56 Å². The first-order chi connectivity index (χ1) is 10.3. The van der Waals surface area contributed by atoms with E-state index in [1.165, 1.54) is 0 Å². The molecule has 0 spiro atoms. The average Bonchev–Trinajstić information content (AvgIpc) is 2.53. The van der Waals surface area contributed by atoms with Gasteiger partial charge in [-0.05, 0) is 29.8 Å². The van der Waals surface area contributed by atoms with Crippen molar-refractivity contribution in [2.45, 2.75) is 6.54 Å². The van der Waals surface area contributed by atoms with Gasteiger partial charge in [-0.15, -0.1) is 0 Å². The van der Waals surface area contributed by atoms with E-state index in [9.17, 15) is 4.79 Å². The smallest absolute Gasteiger partial charge is 0.319 e. The van der Waals surface area contributed by atoms with Crippen LogP contribution in [0.15, 0.2) is 54.6 Å². The van der Waals surface area contributed by atoms with Gasteiger partial charge >= 0.3 is 6.03 Å². The second-order valence-corrected chi connectivity index (χ2v) is 4.45. The van der Waals surface area contributed by atoms with Gasteiger partial charge in [-0.3, -0.25) is 0 Å². The standard InChI is InChI=1S/C16H19N3O2/c17-10-11-21-15-8-6-14(7-9-15)19-16(20)18-12-13-4-2-1-3-5-13/h1-9H,10-12,17H2,(H2,18,19,20). The Labute approximate surface area is 124 Å². The Bertz CT molecular complexity index is 555. The Morgan fingerprint density at radius 3 is 2.43 bits per heavy atom. The molecule has 0 aliphatic heterocycles. The van der Waals surface area contributed by atoms with Crippen LogP contribution in [0.4, 0.5) is 10.5 Å². The third-order valence-corrected chi connectivity index (χ3v) is 2.79. The number of anilines is 1.